The fourth-order valence-electron chi connectivity index (χ4n) is 4.35. The van der Waals surface area contributed by atoms with Crippen LogP contribution in [0.3, 0.4) is 0 Å². The molecule has 0 amide bonds. The van der Waals surface area contributed by atoms with E-state index in [2.05, 4.69) is 46.6 Å². The number of carbonyl (C=O) groups is 1. The number of carbonyl (C=O) groups excluding carboxylic acids is 1. The second-order valence-electron chi connectivity index (χ2n) is 8.63. The highest BCUT2D eigenvalue weighted by atomic mass is 16.5. The predicted octanol–water partition coefficient (Wildman–Crippen LogP) is 4.82. The molecule has 1 saturated heterocycles. The molecule has 1 aliphatic heterocycles. The smallest absolute Gasteiger partial charge is 0.340 e. The normalized spacial score (nSPS) is 13.3. The molecule has 5 rings (SSSR count). The van der Waals surface area contributed by atoms with E-state index in [0.29, 0.717) is 5.56 Å². The van der Waals surface area contributed by atoms with E-state index in [1.165, 1.54) is 18.2 Å². The number of aromatic nitrogens is 1. The van der Waals surface area contributed by atoms with Crippen LogP contribution in [-0.2, 0) is 17.8 Å². The van der Waals surface area contributed by atoms with Crippen LogP contribution >= 0.6 is 0 Å². The Labute approximate surface area is 205 Å². The van der Waals surface area contributed by atoms with Gasteiger partial charge in [0.05, 0.1) is 37.1 Å². The summed E-state index contributed by atoms with van der Waals surface area (Å²) in [6.07, 6.45) is 3.97. The topological polar surface area (TPSA) is 55.7 Å². The number of benzene rings is 3. The van der Waals surface area contributed by atoms with Crippen LogP contribution in [0.15, 0.2) is 97.3 Å². The highest BCUT2D eigenvalue weighted by Gasteiger charge is 2.32. The number of rotatable bonds is 9. The van der Waals surface area contributed by atoms with E-state index in [0.717, 1.165) is 43.3 Å². The van der Waals surface area contributed by atoms with Crippen molar-refractivity contribution in [1.29, 1.82) is 0 Å². The third kappa shape index (κ3) is 5.23. The van der Waals surface area contributed by atoms with Gasteiger partial charge in [-0.15, -0.1) is 0 Å². The summed E-state index contributed by atoms with van der Waals surface area (Å²) in [7, 11) is 1.41. The number of esters is 1. The van der Waals surface area contributed by atoms with E-state index in [-0.39, 0.29) is 12.1 Å². The molecule has 1 N–H and O–H groups in total. The van der Waals surface area contributed by atoms with Gasteiger partial charge in [0, 0.05) is 25.5 Å². The summed E-state index contributed by atoms with van der Waals surface area (Å²) in [6, 6.07) is 28.3. The molecule has 6 nitrogen and oxygen atoms in total. The van der Waals surface area contributed by atoms with Crippen LogP contribution in [-0.4, -0.2) is 36.8 Å². The molecular formula is C29H29N3O3. The molecule has 0 unspecified atom stereocenters. The summed E-state index contributed by atoms with van der Waals surface area (Å²) >= 11 is 0. The quantitative estimate of drug-likeness (QED) is 0.358. The van der Waals surface area contributed by atoms with Crippen LogP contribution in [0.25, 0.3) is 5.69 Å². The zero-order valence-electron chi connectivity index (χ0n) is 19.8. The number of hydrogen-bond donors (Lipinski definition) is 1. The average molecular weight is 468 g/mol. The molecule has 178 valence electrons. The molecule has 3 aromatic carbocycles. The Morgan fingerprint density at radius 2 is 1.54 bits per heavy atom. The summed E-state index contributed by atoms with van der Waals surface area (Å²) in [4.78, 5) is 14.6. The summed E-state index contributed by atoms with van der Waals surface area (Å²) in [5, 5.41) is 3.48. The molecule has 6 heteroatoms. The largest absolute Gasteiger partial charge is 0.487 e. The first-order valence-corrected chi connectivity index (χ1v) is 11.8. The van der Waals surface area contributed by atoms with Gasteiger partial charge >= 0.3 is 5.97 Å². The van der Waals surface area contributed by atoms with Gasteiger partial charge in [-0.25, -0.2) is 4.79 Å². The Balaban J connectivity index is 1.18. The number of anilines is 1. The first-order chi connectivity index (χ1) is 17.2. The van der Waals surface area contributed by atoms with Gasteiger partial charge in [-0.3, -0.25) is 0 Å². The molecule has 4 aromatic rings. The van der Waals surface area contributed by atoms with E-state index < -0.39 is 0 Å². The SMILES string of the molecule is COC(=O)c1cccc(N2CC(Oc3ccc(CNCc4ccccc4)cc3)C2)c1-n1cccc1. The number of nitrogens with one attached hydrogen (secondary N) is 1. The van der Waals surface area contributed by atoms with Crippen molar-refractivity contribution in [3.8, 4) is 11.4 Å². The Morgan fingerprint density at radius 1 is 0.857 bits per heavy atom. The minimum absolute atomic E-state index is 0.0938. The fourth-order valence-corrected chi connectivity index (χ4v) is 4.35. The number of nitrogens with zero attached hydrogens (tertiary/aromatic N) is 2. The lowest BCUT2D eigenvalue weighted by molar-refractivity contribution is 0.0600. The lowest BCUT2D eigenvalue weighted by atomic mass is 10.1. The van der Waals surface area contributed by atoms with Gasteiger partial charge < -0.3 is 24.3 Å². The second kappa shape index (κ2) is 10.5. The molecule has 2 heterocycles. The molecule has 1 aromatic heterocycles. The average Bonchev–Trinajstić information content (AvgIpc) is 3.41. The van der Waals surface area contributed by atoms with Crippen molar-refractivity contribution in [1.82, 2.24) is 9.88 Å². The summed E-state index contributed by atoms with van der Waals surface area (Å²) in [6.45, 7) is 3.16. The maximum Gasteiger partial charge on any atom is 0.340 e. The highest BCUT2D eigenvalue weighted by Crippen LogP contribution is 2.33. The molecule has 1 fully saturated rings. The molecular weight excluding hydrogens is 438 g/mol. The van der Waals surface area contributed by atoms with Gasteiger partial charge in [0.25, 0.3) is 0 Å². The third-order valence-electron chi connectivity index (χ3n) is 6.20. The van der Waals surface area contributed by atoms with E-state index >= 15 is 0 Å². The van der Waals surface area contributed by atoms with Gasteiger partial charge in [-0.1, -0.05) is 48.5 Å². The summed E-state index contributed by atoms with van der Waals surface area (Å²) < 4.78 is 13.2. The number of para-hydroxylation sites is 1. The number of hydrogen-bond acceptors (Lipinski definition) is 5. The maximum absolute atomic E-state index is 12.4. The lowest BCUT2D eigenvalue weighted by Crippen LogP contribution is -2.54. The number of methoxy groups -OCH3 is 1. The Kier molecular flexibility index (Phi) is 6.82. The third-order valence-corrected chi connectivity index (χ3v) is 6.20. The Hall–Kier alpha value is -4.03. The summed E-state index contributed by atoms with van der Waals surface area (Å²) in [5.41, 5.74) is 4.86. The molecule has 0 bridgehead atoms. The molecule has 0 aliphatic carbocycles. The van der Waals surface area contributed by atoms with Gasteiger partial charge in [-0.05, 0) is 47.5 Å². The van der Waals surface area contributed by atoms with Crippen LogP contribution in [0.1, 0.15) is 21.5 Å². The minimum Gasteiger partial charge on any atom is -0.487 e. The van der Waals surface area contributed by atoms with Crippen molar-refractivity contribution in [3.63, 3.8) is 0 Å². The molecule has 1 aliphatic rings. The van der Waals surface area contributed by atoms with Crippen LogP contribution < -0.4 is 15.0 Å². The van der Waals surface area contributed by atoms with Gasteiger partial charge in [0.15, 0.2) is 0 Å². The minimum atomic E-state index is -0.345. The molecule has 0 radical (unpaired) electrons. The van der Waals surface area contributed by atoms with Crippen LogP contribution in [0.5, 0.6) is 5.75 Å². The molecule has 0 saturated carbocycles. The molecule has 35 heavy (non-hydrogen) atoms. The number of ether oxygens (including phenoxy) is 2. The zero-order valence-corrected chi connectivity index (χ0v) is 19.8. The van der Waals surface area contributed by atoms with Gasteiger partial charge in [0.1, 0.15) is 11.9 Å². The van der Waals surface area contributed by atoms with Crippen LogP contribution in [0, 0.1) is 0 Å². The van der Waals surface area contributed by atoms with E-state index in [9.17, 15) is 4.79 Å². The summed E-state index contributed by atoms with van der Waals surface area (Å²) in [5.74, 6) is 0.526. The van der Waals surface area contributed by atoms with E-state index in [1.807, 2.05) is 59.4 Å². The fraction of sp³-hybridized carbons (Fsp3) is 0.207. The van der Waals surface area contributed by atoms with Crippen molar-refractivity contribution < 1.29 is 14.3 Å². The van der Waals surface area contributed by atoms with Crippen molar-refractivity contribution in [2.24, 2.45) is 0 Å². The van der Waals surface area contributed by atoms with Gasteiger partial charge in [0.2, 0.25) is 0 Å². The Bertz CT molecular complexity index is 1250. The standard InChI is InChI=1S/C29H29N3O3/c1-34-29(33)26-10-7-11-27(28(26)31-16-5-6-17-31)32-20-25(21-32)35-24-14-12-23(13-15-24)19-30-18-22-8-3-2-4-9-22/h2-17,25,30H,18-21H2,1H3. The van der Waals surface area contributed by atoms with Crippen molar-refractivity contribution in [2.45, 2.75) is 19.2 Å². The monoisotopic (exact) mass is 467 g/mol. The van der Waals surface area contributed by atoms with E-state index in [1.54, 1.807) is 6.07 Å². The second-order valence-corrected chi connectivity index (χ2v) is 8.63. The maximum atomic E-state index is 12.4. The first-order valence-electron chi connectivity index (χ1n) is 11.8. The zero-order chi connectivity index (χ0) is 24.0. The van der Waals surface area contributed by atoms with Crippen LogP contribution in [0.4, 0.5) is 5.69 Å². The van der Waals surface area contributed by atoms with Crippen LogP contribution in [0.2, 0.25) is 0 Å². The Morgan fingerprint density at radius 3 is 2.23 bits per heavy atom. The van der Waals surface area contributed by atoms with Crippen molar-refractivity contribution in [2.75, 3.05) is 25.1 Å². The van der Waals surface area contributed by atoms with Gasteiger partial charge in [-0.2, -0.15) is 0 Å². The van der Waals surface area contributed by atoms with Crippen molar-refractivity contribution >= 4 is 11.7 Å². The first kappa shape index (κ1) is 22.7. The van der Waals surface area contributed by atoms with Crippen molar-refractivity contribution in [3.05, 3.63) is 114 Å². The van der Waals surface area contributed by atoms with E-state index in [4.69, 9.17) is 9.47 Å². The molecule has 0 spiro atoms. The predicted molar refractivity (Wildman–Crippen MR) is 137 cm³/mol. The molecule has 0 atom stereocenters. The highest BCUT2D eigenvalue weighted by molar-refractivity contribution is 5.96. The lowest BCUT2D eigenvalue weighted by Gasteiger charge is -2.41.